The first-order valence-corrected chi connectivity index (χ1v) is 4.45. The van der Waals surface area contributed by atoms with Gasteiger partial charge in [0, 0.05) is 5.69 Å². The molecule has 0 aromatic carbocycles. The molecule has 0 aliphatic heterocycles. The molecule has 0 saturated carbocycles. The summed E-state index contributed by atoms with van der Waals surface area (Å²) >= 11 is 3.37. The van der Waals surface area contributed by atoms with Crippen LogP contribution >= 0.6 is 15.9 Å². The Kier molecular flexibility index (Phi) is 1.65. The molecule has 4 heteroatoms. The van der Waals surface area contributed by atoms with Crippen molar-refractivity contribution in [3.8, 4) is 0 Å². The van der Waals surface area contributed by atoms with Crippen LogP contribution in [0.15, 0.2) is 10.7 Å². The number of aromatic nitrogens is 3. The Balaban J connectivity index is 2.87. The summed E-state index contributed by atoms with van der Waals surface area (Å²) in [5, 5.41) is 7.91. The van der Waals surface area contributed by atoms with Crippen molar-refractivity contribution in [3.63, 3.8) is 0 Å². The van der Waals surface area contributed by atoms with Crippen molar-refractivity contribution >= 4 is 27.0 Å². The molecule has 0 aliphatic carbocycles. The van der Waals surface area contributed by atoms with E-state index in [0.29, 0.717) is 0 Å². The van der Waals surface area contributed by atoms with Crippen LogP contribution in [0.4, 0.5) is 0 Å². The Morgan fingerprint density at radius 2 is 2.17 bits per heavy atom. The third-order valence-electron chi connectivity index (χ3n) is 1.94. The molecule has 2 aromatic rings. The minimum absolute atomic E-state index is 0.768. The molecule has 0 aliphatic rings. The molecule has 0 bridgehead atoms. The molecule has 2 heterocycles. The zero-order valence-corrected chi connectivity index (χ0v) is 8.44. The third-order valence-corrected chi connectivity index (χ3v) is 2.55. The highest BCUT2D eigenvalue weighted by Crippen LogP contribution is 2.21. The minimum Gasteiger partial charge on any atom is -0.269 e. The molecule has 2 rings (SSSR count). The summed E-state index contributed by atoms with van der Waals surface area (Å²) in [6, 6.07) is 2.07. The van der Waals surface area contributed by atoms with Crippen LogP contribution in [-0.4, -0.2) is 15.2 Å². The van der Waals surface area contributed by atoms with Gasteiger partial charge in [-0.15, -0.1) is 0 Å². The summed E-state index contributed by atoms with van der Waals surface area (Å²) < 4.78 is 0.896. The number of hydrogen-bond donors (Lipinski definition) is 1. The number of hydrogen-bond acceptors (Lipinski definition) is 2. The molecule has 2 aromatic heterocycles. The maximum Gasteiger partial charge on any atom is 0.182 e. The fraction of sp³-hybridized carbons (Fsp3) is 0.250. The Morgan fingerprint density at radius 3 is 2.92 bits per heavy atom. The Labute approximate surface area is 78.3 Å². The molecule has 12 heavy (non-hydrogen) atoms. The van der Waals surface area contributed by atoms with Crippen molar-refractivity contribution in [2.24, 2.45) is 0 Å². The molecule has 0 spiro atoms. The fourth-order valence-electron chi connectivity index (χ4n) is 1.10. The lowest BCUT2D eigenvalue weighted by Gasteiger charge is -1.96. The van der Waals surface area contributed by atoms with Gasteiger partial charge in [0.2, 0.25) is 0 Å². The Morgan fingerprint density at radius 1 is 1.42 bits per heavy atom. The maximum atomic E-state index is 4.32. The number of pyridine rings is 1. The molecule has 0 radical (unpaired) electrons. The highest BCUT2D eigenvalue weighted by molar-refractivity contribution is 9.10. The third kappa shape index (κ3) is 1.03. The minimum atomic E-state index is 0.768. The molecule has 0 atom stereocenters. The van der Waals surface area contributed by atoms with Crippen molar-refractivity contribution in [1.29, 1.82) is 0 Å². The van der Waals surface area contributed by atoms with Crippen molar-refractivity contribution in [1.82, 2.24) is 15.2 Å². The summed E-state index contributed by atoms with van der Waals surface area (Å²) in [6.07, 6.45) is 0. The molecule has 0 unspecified atom stereocenters. The van der Waals surface area contributed by atoms with Gasteiger partial charge in [0.05, 0.1) is 5.39 Å². The van der Waals surface area contributed by atoms with Gasteiger partial charge in [0.25, 0.3) is 0 Å². The van der Waals surface area contributed by atoms with Gasteiger partial charge >= 0.3 is 0 Å². The Hall–Kier alpha value is -0.900. The second kappa shape index (κ2) is 2.55. The van der Waals surface area contributed by atoms with E-state index in [-0.39, 0.29) is 0 Å². The second-order valence-corrected chi connectivity index (χ2v) is 3.59. The predicted molar refractivity (Wildman–Crippen MR) is 51.1 cm³/mol. The lowest BCUT2D eigenvalue weighted by molar-refractivity contribution is 1.07. The zero-order valence-electron chi connectivity index (χ0n) is 6.85. The van der Waals surface area contributed by atoms with Crippen molar-refractivity contribution in [3.05, 3.63) is 21.9 Å². The monoisotopic (exact) mass is 225 g/mol. The van der Waals surface area contributed by atoms with Crippen LogP contribution < -0.4 is 0 Å². The molecule has 0 saturated heterocycles. The van der Waals surface area contributed by atoms with Gasteiger partial charge in [0.1, 0.15) is 4.60 Å². The maximum absolute atomic E-state index is 4.32. The number of aryl methyl sites for hydroxylation is 2. The highest BCUT2D eigenvalue weighted by atomic mass is 79.9. The summed E-state index contributed by atoms with van der Waals surface area (Å²) in [5.74, 6) is 0. The van der Waals surface area contributed by atoms with Crippen molar-refractivity contribution in [2.45, 2.75) is 13.8 Å². The van der Waals surface area contributed by atoms with E-state index >= 15 is 0 Å². The van der Waals surface area contributed by atoms with Crippen LogP contribution in [0, 0.1) is 13.8 Å². The summed E-state index contributed by atoms with van der Waals surface area (Å²) in [5.41, 5.74) is 2.98. The van der Waals surface area contributed by atoms with Crippen LogP contribution in [0.3, 0.4) is 0 Å². The number of aromatic amines is 1. The first kappa shape index (κ1) is 7.73. The molecule has 62 valence electrons. The average Bonchev–Trinajstić information content (AvgIpc) is 2.35. The molecule has 1 N–H and O–H groups in total. The number of H-pyrrole nitrogens is 1. The molecule has 3 nitrogen and oxygen atoms in total. The Bertz CT molecular complexity index is 433. The van der Waals surface area contributed by atoms with E-state index in [2.05, 4.69) is 37.2 Å². The van der Waals surface area contributed by atoms with E-state index in [4.69, 9.17) is 0 Å². The van der Waals surface area contributed by atoms with E-state index < -0.39 is 0 Å². The van der Waals surface area contributed by atoms with Gasteiger partial charge in [-0.05, 0) is 41.4 Å². The number of fused-ring (bicyclic) bond motifs is 1. The largest absolute Gasteiger partial charge is 0.269 e. The van der Waals surface area contributed by atoms with E-state index in [9.17, 15) is 0 Å². The van der Waals surface area contributed by atoms with Gasteiger partial charge in [-0.2, -0.15) is 5.10 Å². The van der Waals surface area contributed by atoms with E-state index in [1.807, 2.05) is 13.8 Å². The average molecular weight is 226 g/mol. The highest BCUT2D eigenvalue weighted by Gasteiger charge is 2.05. The molecular weight excluding hydrogens is 218 g/mol. The van der Waals surface area contributed by atoms with Gasteiger partial charge in [-0.25, -0.2) is 4.98 Å². The normalized spacial score (nSPS) is 10.9. The molecular formula is C8H8BrN3. The van der Waals surface area contributed by atoms with E-state index in [1.54, 1.807) is 0 Å². The summed E-state index contributed by atoms with van der Waals surface area (Å²) in [4.78, 5) is 4.32. The first-order chi connectivity index (χ1) is 5.68. The topological polar surface area (TPSA) is 41.6 Å². The number of nitrogens with zero attached hydrogens (tertiary/aromatic N) is 2. The summed E-state index contributed by atoms with van der Waals surface area (Å²) in [7, 11) is 0. The smallest absolute Gasteiger partial charge is 0.182 e. The van der Waals surface area contributed by atoms with Crippen LogP contribution in [0.1, 0.15) is 11.3 Å². The predicted octanol–water partition coefficient (Wildman–Crippen LogP) is 2.34. The van der Waals surface area contributed by atoms with Gasteiger partial charge in [0.15, 0.2) is 5.65 Å². The van der Waals surface area contributed by atoms with Gasteiger partial charge < -0.3 is 0 Å². The first-order valence-electron chi connectivity index (χ1n) is 3.66. The lowest BCUT2D eigenvalue weighted by atomic mass is 10.2. The van der Waals surface area contributed by atoms with E-state index in [0.717, 1.165) is 21.3 Å². The van der Waals surface area contributed by atoms with Crippen LogP contribution in [0.5, 0.6) is 0 Å². The standard InChI is InChI=1S/C8H8BrN3/c1-4-3-6-7(9)11-12-8(6)10-5(4)2/h3H,1-2H3,(H,10,11,12). The van der Waals surface area contributed by atoms with Crippen LogP contribution in [0.25, 0.3) is 11.0 Å². The second-order valence-electron chi connectivity index (χ2n) is 2.80. The fourth-order valence-corrected chi connectivity index (χ4v) is 1.48. The molecule has 0 amide bonds. The zero-order chi connectivity index (χ0) is 8.72. The van der Waals surface area contributed by atoms with E-state index in [1.165, 1.54) is 5.56 Å². The lowest BCUT2D eigenvalue weighted by Crippen LogP contribution is -1.86. The van der Waals surface area contributed by atoms with Crippen LogP contribution in [-0.2, 0) is 0 Å². The quantitative estimate of drug-likeness (QED) is 0.748. The van der Waals surface area contributed by atoms with Gasteiger partial charge in [-0.1, -0.05) is 0 Å². The number of nitrogens with one attached hydrogen (secondary N) is 1. The van der Waals surface area contributed by atoms with Crippen molar-refractivity contribution < 1.29 is 0 Å². The molecule has 0 fully saturated rings. The summed E-state index contributed by atoms with van der Waals surface area (Å²) in [6.45, 7) is 4.03. The van der Waals surface area contributed by atoms with Crippen LogP contribution in [0.2, 0.25) is 0 Å². The van der Waals surface area contributed by atoms with Crippen molar-refractivity contribution in [2.75, 3.05) is 0 Å². The SMILES string of the molecule is Cc1cc2c(Br)[nH]nc2nc1C. The number of halogens is 1. The van der Waals surface area contributed by atoms with Gasteiger partial charge in [-0.3, -0.25) is 5.10 Å². The number of rotatable bonds is 0.